The summed E-state index contributed by atoms with van der Waals surface area (Å²) in [5, 5.41) is 0. The lowest BCUT2D eigenvalue weighted by molar-refractivity contribution is -0.174. The standard InChI is InChI=1S/C19H25NO6/c1-10-8-13(25-17(10)22)12-4-5-14-19(9-11(2)18(23)26-19)15(24-3)6-7-16(21)20(12)14/h11-15H,1,4-9H2,2-3H3/t11-,12+,13+,14+,15-,19+/m1/s1. The van der Waals surface area contributed by atoms with E-state index in [9.17, 15) is 14.4 Å². The molecule has 4 fully saturated rings. The van der Waals surface area contributed by atoms with Gasteiger partial charge in [0.2, 0.25) is 5.91 Å². The fraction of sp³-hybridized carbons (Fsp3) is 0.737. The third kappa shape index (κ3) is 2.40. The quantitative estimate of drug-likeness (QED) is 0.544. The summed E-state index contributed by atoms with van der Waals surface area (Å²) in [5.41, 5.74) is -0.364. The highest BCUT2D eigenvalue weighted by molar-refractivity contribution is 5.90. The molecule has 4 aliphatic rings. The second-order valence-corrected chi connectivity index (χ2v) is 7.96. The molecule has 0 N–H and O–H groups in total. The molecule has 0 bridgehead atoms. The lowest BCUT2D eigenvalue weighted by Crippen LogP contribution is -2.58. The number of amides is 1. The number of cyclic esters (lactones) is 1. The maximum Gasteiger partial charge on any atom is 0.333 e. The Hall–Kier alpha value is -1.89. The number of carbonyl (C=O) groups is 3. The van der Waals surface area contributed by atoms with Gasteiger partial charge in [0.25, 0.3) is 0 Å². The number of methoxy groups -OCH3 is 1. The minimum absolute atomic E-state index is 0.0144. The van der Waals surface area contributed by atoms with Gasteiger partial charge in [0.15, 0.2) is 5.60 Å². The molecule has 0 saturated carbocycles. The fourth-order valence-electron chi connectivity index (χ4n) is 5.30. The number of nitrogens with zero attached hydrogens (tertiary/aromatic N) is 1. The average molecular weight is 363 g/mol. The Labute approximate surface area is 152 Å². The van der Waals surface area contributed by atoms with Gasteiger partial charge in [-0.05, 0) is 19.3 Å². The summed E-state index contributed by atoms with van der Waals surface area (Å²) >= 11 is 0. The monoisotopic (exact) mass is 363 g/mol. The normalized spacial score (nSPS) is 42.8. The number of carbonyl (C=O) groups excluding carboxylic acids is 3. The van der Waals surface area contributed by atoms with Crippen molar-refractivity contribution in [2.75, 3.05) is 7.11 Å². The predicted octanol–water partition coefficient (Wildman–Crippen LogP) is 1.35. The van der Waals surface area contributed by atoms with Crippen molar-refractivity contribution >= 4 is 17.8 Å². The van der Waals surface area contributed by atoms with Crippen LogP contribution in [0.4, 0.5) is 0 Å². The maximum absolute atomic E-state index is 13.0. The second kappa shape index (κ2) is 6.08. The number of esters is 2. The molecule has 0 aromatic heterocycles. The third-order valence-electron chi connectivity index (χ3n) is 6.47. The van der Waals surface area contributed by atoms with E-state index in [1.807, 2.05) is 11.8 Å². The van der Waals surface area contributed by atoms with Crippen LogP contribution < -0.4 is 0 Å². The Morgan fingerprint density at radius 3 is 2.58 bits per heavy atom. The van der Waals surface area contributed by atoms with Crippen molar-refractivity contribution in [3.05, 3.63) is 12.2 Å². The summed E-state index contributed by atoms with van der Waals surface area (Å²) in [6, 6.07) is -0.438. The Morgan fingerprint density at radius 1 is 1.23 bits per heavy atom. The summed E-state index contributed by atoms with van der Waals surface area (Å²) in [7, 11) is 1.61. The Kier molecular flexibility index (Phi) is 4.10. The zero-order chi connectivity index (χ0) is 18.6. The van der Waals surface area contributed by atoms with Crippen LogP contribution in [0.1, 0.15) is 45.4 Å². The van der Waals surface area contributed by atoms with Gasteiger partial charge in [-0.1, -0.05) is 13.5 Å². The first kappa shape index (κ1) is 17.5. The number of rotatable bonds is 2. The van der Waals surface area contributed by atoms with Gasteiger partial charge in [-0.3, -0.25) is 9.59 Å². The molecule has 7 nitrogen and oxygen atoms in total. The molecule has 142 valence electrons. The van der Waals surface area contributed by atoms with Gasteiger partial charge in [0.1, 0.15) is 6.10 Å². The first-order valence-electron chi connectivity index (χ1n) is 9.33. The molecular weight excluding hydrogens is 338 g/mol. The summed E-state index contributed by atoms with van der Waals surface area (Å²) < 4.78 is 17.1. The molecule has 4 aliphatic heterocycles. The van der Waals surface area contributed by atoms with Gasteiger partial charge in [-0.25, -0.2) is 4.79 Å². The van der Waals surface area contributed by atoms with Gasteiger partial charge in [0, 0.05) is 31.9 Å². The number of fused-ring (bicyclic) bond motifs is 2. The van der Waals surface area contributed by atoms with Crippen LogP contribution in [0.15, 0.2) is 12.2 Å². The molecular formula is C19H25NO6. The van der Waals surface area contributed by atoms with E-state index in [0.29, 0.717) is 44.1 Å². The van der Waals surface area contributed by atoms with E-state index >= 15 is 0 Å². The van der Waals surface area contributed by atoms with Crippen molar-refractivity contribution in [3.63, 3.8) is 0 Å². The molecule has 7 heteroatoms. The molecule has 1 spiro atoms. The number of hydrogen-bond donors (Lipinski definition) is 0. The molecule has 0 unspecified atom stereocenters. The predicted molar refractivity (Wildman–Crippen MR) is 89.9 cm³/mol. The van der Waals surface area contributed by atoms with E-state index in [0.717, 1.165) is 0 Å². The van der Waals surface area contributed by atoms with Gasteiger partial charge in [-0.15, -0.1) is 0 Å². The third-order valence-corrected chi connectivity index (χ3v) is 6.47. The van der Waals surface area contributed by atoms with Crippen LogP contribution in [0.3, 0.4) is 0 Å². The topological polar surface area (TPSA) is 82.1 Å². The summed E-state index contributed by atoms with van der Waals surface area (Å²) in [6.45, 7) is 5.60. The van der Waals surface area contributed by atoms with Crippen LogP contribution in [0, 0.1) is 5.92 Å². The van der Waals surface area contributed by atoms with Crippen LogP contribution in [-0.4, -0.2) is 59.7 Å². The van der Waals surface area contributed by atoms with Crippen molar-refractivity contribution in [2.24, 2.45) is 5.92 Å². The molecule has 6 atom stereocenters. The zero-order valence-electron chi connectivity index (χ0n) is 15.2. The Morgan fingerprint density at radius 2 is 2.00 bits per heavy atom. The van der Waals surface area contributed by atoms with Gasteiger partial charge < -0.3 is 19.1 Å². The van der Waals surface area contributed by atoms with E-state index in [1.165, 1.54) is 0 Å². The van der Waals surface area contributed by atoms with Crippen LogP contribution >= 0.6 is 0 Å². The van der Waals surface area contributed by atoms with E-state index in [4.69, 9.17) is 14.2 Å². The number of ether oxygens (including phenoxy) is 3. The summed E-state index contributed by atoms with van der Waals surface area (Å²) in [4.78, 5) is 38.8. The lowest BCUT2D eigenvalue weighted by atomic mass is 9.81. The Balaban J connectivity index is 1.69. The first-order valence-corrected chi connectivity index (χ1v) is 9.33. The molecule has 0 radical (unpaired) electrons. The smallest absolute Gasteiger partial charge is 0.333 e. The largest absolute Gasteiger partial charge is 0.456 e. The molecule has 0 aromatic rings. The van der Waals surface area contributed by atoms with Crippen molar-refractivity contribution in [3.8, 4) is 0 Å². The van der Waals surface area contributed by atoms with E-state index in [-0.39, 0.29) is 48.1 Å². The fourth-order valence-corrected chi connectivity index (χ4v) is 5.30. The number of hydrogen-bond acceptors (Lipinski definition) is 6. The van der Waals surface area contributed by atoms with Crippen LogP contribution in [-0.2, 0) is 28.6 Å². The SMILES string of the molecule is C=C1C[C@@H]([C@@H]2CC[C@@H]3N2C(=O)CC[C@@H](OC)[C@]32C[C@@H](C)C(=O)O2)OC1=O. The van der Waals surface area contributed by atoms with E-state index in [1.54, 1.807) is 7.11 Å². The molecule has 0 aliphatic carbocycles. The maximum atomic E-state index is 13.0. The van der Waals surface area contributed by atoms with Gasteiger partial charge in [0.05, 0.1) is 24.1 Å². The van der Waals surface area contributed by atoms with Crippen molar-refractivity contribution < 1.29 is 28.6 Å². The Bertz CT molecular complexity index is 659. The molecule has 4 rings (SSSR count). The molecule has 4 heterocycles. The first-order chi connectivity index (χ1) is 12.4. The minimum atomic E-state index is -0.814. The van der Waals surface area contributed by atoms with E-state index < -0.39 is 5.60 Å². The lowest BCUT2D eigenvalue weighted by Gasteiger charge is -2.42. The zero-order valence-corrected chi connectivity index (χ0v) is 15.2. The van der Waals surface area contributed by atoms with Crippen molar-refractivity contribution in [2.45, 2.75) is 75.3 Å². The molecule has 26 heavy (non-hydrogen) atoms. The average Bonchev–Trinajstić information content (AvgIpc) is 3.24. The second-order valence-electron chi connectivity index (χ2n) is 7.96. The van der Waals surface area contributed by atoms with Crippen molar-refractivity contribution in [1.82, 2.24) is 4.90 Å². The van der Waals surface area contributed by atoms with Crippen LogP contribution in [0.2, 0.25) is 0 Å². The van der Waals surface area contributed by atoms with Gasteiger partial charge >= 0.3 is 11.9 Å². The molecule has 1 amide bonds. The highest BCUT2D eigenvalue weighted by atomic mass is 16.6. The summed E-state index contributed by atoms with van der Waals surface area (Å²) in [6.07, 6.45) is 2.58. The van der Waals surface area contributed by atoms with E-state index in [2.05, 4.69) is 6.58 Å². The molecule has 4 saturated heterocycles. The van der Waals surface area contributed by atoms with Crippen LogP contribution in [0.25, 0.3) is 0 Å². The van der Waals surface area contributed by atoms with Crippen molar-refractivity contribution in [1.29, 1.82) is 0 Å². The molecule has 0 aromatic carbocycles. The summed E-state index contributed by atoms with van der Waals surface area (Å²) in [5.74, 6) is -0.817. The van der Waals surface area contributed by atoms with Crippen LogP contribution in [0.5, 0.6) is 0 Å². The highest BCUT2D eigenvalue weighted by Crippen LogP contribution is 2.49. The minimum Gasteiger partial charge on any atom is -0.456 e. The van der Waals surface area contributed by atoms with Gasteiger partial charge in [-0.2, -0.15) is 0 Å². The highest BCUT2D eigenvalue weighted by Gasteiger charge is 2.62.